The normalized spacial score (nSPS) is 10.7. The Bertz CT molecular complexity index is 983. The van der Waals surface area contributed by atoms with Gasteiger partial charge in [-0.1, -0.05) is 0 Å². The Labute approximate surface area is 156 Å². The first-order valence-electron chi connectivity index (χ1n) is 8.49. The third-order valence-corrected chi connectivity index (χ3v) is 4.27. The zero-order chi connectivity index (χ0) is 19.6. The minimum atomic E-state index is -0.341. The summed E-state index contributed by atoms with van der Waals surface area (Å²) in [5, 5.41) is 7.10. The van der Waals surface area contributed by atoms with Crippen LogP contribution in [0.1, 0.15) is 45.0 Å². The van der Waals surface area contributed by atoms with E-state index in [-0.39, 0.29) is 24.1 Å². The first-order chi connectivity index (χ1) is 12.8. The van der Waals surface area contributed by atoms with Gasteiger partial charge in [0.2, 0.25) is 0 Å². The number of nitrogens with one attached hydrogen (secondary N) is 1. The summed E-state index contributed by atoms with van der Waals surface area (Å²) in [4.78, 5) is 23.7. The molecule has 140 valence electrons. The molecule has 3 rings (SSSR count). The van der Waals surface area contributed by atoms with Gasteiger partial charge in [0.25, 0.3) is 5.91 Å². The van der Waals surface area contributed by atoms with Crippen LogP contribution in [0.4, 0.5) is 5.69 Å². The Balaban J connectivity index is 1.62. The lowest BCUT2D eigenvalue weighted by molar-refractivity contribution is 0.0990. The van der Waals surface area contributed by atoms with E-state index >= 15 is 0 Å². The van der Waals surface area contributed by atoms with Crippen LogP contribution in [0.2, 0.25) is 0 Å². The summed E-state index contributed by atoms with van der Waals surface area (Å²) in [7, 11) is 1.82. The standard InChI is InChI=1S/C20H21N3O4/c1-12-19(13(2)23(4)22-12)21-20(25)18-10-9-17(27-18)11-26-16-7-5-15(6-8-16)14(3)24/h5-10H,11H2,1-4H3,(H,21,25). The molecule has 0 unspecified atom stereocenters. The zero-order valence-corrected chi connectivity index (χ0v) is 15.7. The number of Topliss-reactive ketones (excluding diaryl/α,β-unsaturated/α-hetero) is 1. The molecule has 0 bridgehead atoms. The predicted octanol–water partition coefficient (Wildman–Crippen LogP) is 3.66. The van der Waals surface area contributed by atoms with Crippen molar-refractivity contribution >= 4 is 17.4 Å². The Morgan fingerprint density at radius 2 is 1.85 bits per heavy atom. The quantitative estimate of drug-likeness (QED) is 0.672. The van der Waals surface area contributed by atoms with Gasteiger partial charge in [0.1, 0.15) is 18.1 Å². The lowest BCUT2D eigenvalue weighted by Crippen LogP contribution is -2.12. The van der Waals surface area contributed by atoms with Crippen LogP contribution in [0.3, 0.4) is 0 Å². The zero-order valence-electron chi connectivity index (χ0n) is 15.7. The van der Waals surface area contributed by atoms with Crippen LogP contribution in [0.15, 0.2) is 40.8 Å². The highest BCUT2D eigenvalue weighted by molar-refractivity contribution is 6.02. The summed E-state index contributed by atoms with van der Waals surface area (Å²) in [6, 6.07) is 10.2. The Kier molecular flexibility index (Phi) is 5.12. The maximum absolute atomic E-state index is 12.4. The third-order valence-electron chi connectivity index (χ3n) is 4.27. The van der Waals surface area contributed by atoms with Gasteiger partial charge in [0.15, 0.2) is 11.5 Å². The summed E-state index contributed by atoms with van der Waals surface area (Å²) in [5.41, 5.74) is 2.92. The number of carbonyl (C=O) groups is 2. The van der Waals surface area contributed by atoms with E-state index in [1.165, 1.54) is 6.92 Å². The molecule has 2 aromatic heterocycles. The van der Waals surface area contributed by atoms with E-state index in [1.807, 2.05) is 20.9 Å². The van der Waals surface area contributed by atoms with Crippen LogP contribution in [-0.2, 0) is 13.7 Å². The molecule has 1 aromatic carbocycles. The number of nitrogens with zero attached hydrogens (tertiary/aromatic N) is 2. The van der Waals surface area contributed by atoms with Gasteiger partial charge >= 0.3 is 0 Å². The number of ether oxygens (including phenoxy) is 1. The number of hydrogen-bond donors (Lipinski definition) is 1. The van der Waals surface area contributed by atoms with E-state index < -0.39 is 0 Å². The third kappa shape index (κ3) is 4.08. The Hall–Kier alpha value is -3.35. The molecule has 1 amide bonds. The molecule has 2 heterocycles. The maximum Gasteiger partial charge on any atom is 0.291 e. The molecule has 27 heavy (non-hydrogen) atoms. The number of anilines is 1. The second-order valence-corrected chi connectivity index (χ2v) is 6.26. The van der Waals surface area contributed by atoms with Crippen molar-refractivity contribution in [3.8, 4) is 5.75 Å². The largest absolute Gasteiger partial charge is 0.486 e. The average Bonchev–Trinajstić information content (AvgIpc) is 3.21. The van der Waals surface area contributed by atoms with Crippen molar-refractivity contribution in [2.24, 2.45) is 7.05 Å². The van der Waals surface area contributed by atoms with E-state index in [9.17, 15) is 9.59 Å². The number of rotatable bonds is 6. The van der Waals surface area contributed by atoms with Crippen LogP contribution in [-0.4, -0.2) is 21.5 Å². The van der Waals surface area contributed by atoms with Crippen LogP contribution in [0.25, 0.3) is 0 Å². The molecule has 0 aliphatic rings. The van der Waals surface area contributed by atoms with Gasteiger partial charge in [0, 0.05) is 12.6 Å². The van der Waals surface area contributed by atoms with Gasteiger partial charge in [-0.25, -0.2) is 0 Å². The minimum absolute atomic E-state index is 0.00216. The Morgan fingerprint density at radius 1 is 1.15 bits per heavy atom. The van der Waals surface area contributed by atoms with Gasteiger partial charge in [-0.15, -0.1) is 0 Å². The topological polar surface area (TPSA) is 86.4 Å². The molecule has 7 nitrogen and oxygen atoms in total. The summed E-state index contributed by atoms with van der Waals surface area (Å²) in [6.45, 7) is 5.41. The highest BCUT2D eigenvalue weighted by atomic mass is 16.5. The van der Waals surface area contributed by atoms with Crippen molar-refractivity contribution in [3.05, 3.63) is 64.9 Å². The maximum atomic E-state index is 12.4. The number of ketones is 1. The molecule has 0 atom stereocenters. The summed E-state index contributed by atoms with van der Waals surface area (Å²) in [6.07, 6.45) is 0. The fourth-order valence-corrected chi connectivity index (χ4v) is 2.65. The second kappa shape index (κ2) is 7.49. The van der Waals surface area contributed by atoms with Gasteiger partial charge < -0.3 is 14.5 Å². The van der Waals surface area contributed by atoms with Gasteiger partial charge in [-0.05, 0) is 57.2 Å². The molecule has 7 heteroatoms. The summed E-state index contributed by atoms with van der Waals surface area (Å²) in [5.74, 6) is 0.996. The van der Waals surface area contributed by atoms with Crippen molar-refractivity contribution in [3.63, 3.8) is 0 Å². The molecule has 3 aromatic rings. The molecule has 1 N–H and O–H groups in total. The average molecular weight is 367 g/mol. The van der Waals surface area contributed by atoms with Crippen molar-refractivity contribution < 1.29 is 18.7 Å². The molecule has 0 radical (unpaired) electrons. The van der Waals surface area contributed by atoms with E-state index in [0.29, 0.717) is 22.8 Å². The van der Waals surface area contributed by atoms with E-state index in [4.69, 9.17) is 9.15 Å². The smallest absolute Gasteiger partial charge is 0.291 e. The SMILES string of the molecule is CC(=O)c1ccc(OCc2ccc(C(=O)Nc3c(C)nn(C)c3C)o2)cc1. The van der Waals surface area contributed by atoms with Crippen molar-refractivity contribution in [2.45, 2.75) is 27.4 Å². The van der Waals surface area contributed by atoms with Crippen LogP contribution in [0, 0.1) is 13.8 Å². The van der Waals surface area contributed by atoms with E-state index in [2.05, 4.69) is 10.4 Å². The number of furan rings is 1. The molecule has 0 fully saturated rings. The number of amides is 1. The van der Waals surface area contributed by atoms with Crippen molar-refractivity contribution in [1.29, 1.82) is 0 Å². The highest BCUT2D eigenvalue weighted by Gasteiger charge is 2.16. The van der Waals surface area contributed by atoms with E-state index in [1.54, 1.807) is 41.1 Å². The summed E-state index contributed by atoms with van der Waals surface area (Å²) < 4.78 is 12.9. The molecule has 0 spiro atoms. The second-order valence-electron chi connectivity index (χ2n) is 6.26. The lowest BCUT2D eigenvalue weighted by atomic mass is 10.1. The number of hydrogen-bond acceptors (Lipinski definition) is 5. The first kappa shape index (κ1) is 18.4. The van der Waals surface area contributed by atoms with Crippen molar-refractivity contribution in [1.82, 2.24) is 9.78 Å². The van der Waals surface area contributed by atoms with E-state index in [0.717, 1.165) is 11.4 Å². The molecular weight excluding hydrogens is 346 g/mol. The lowest BCUT2D eigenvalue weighted by Gasteiger charge is -2.05. The fourth-order valence-electron chi connectivity index (χ4n) is 2.65. The first-order valence-corrected chi connectivity index (χ1v) is 8.49. The molecular formula is C20H21N3O4. The Morgan fingerprint density at radius 3 is 2.44 bits per heavy atom. The summed E-state index contributed by atoms with van der Waals surface area (Å²) >= 11 is 0. The molecule has 0 aliphatic heterocycles. The highest BCUT2D eigenvalue weighted by Crippen LogP contribution is 2.20. The van der Waals surface area contributed by atoms with Crippen LogP contribution >= 0.6 is 0 Å². The number of carbonyl (C=O) groups excluding carboxylic acids is 2. The number of aromatic nitrogens is 2. The minimum Gasteiger partial charge on any atom is -0.486 e. The van der Waals surface area contributed by atoms with Crippen molar-refractivity contribution in [2.75, 3.05) is 5.32 Å². The monoisotopic (exact) mass is 367 g/mol. The number of benzene rings is 1. The molecule has 0 saturated heterocycles. The molecule has 0 aliphatic carbocycles. The van der Waals surface area contributed by atoms with Gasteiger partial charge in [0.05, 0.1) is 17.1 Å². The van der Waals surface area contributed by atoms with Crippen LogP contribution < -0.4 is 10.1 Å². The fraction of sp³-hybridized carbons (Fsp3) is 0.250. The number of aryl methyl sites for hydroxylation is 2. The van der Waals surface area contributed by atoms with Crippen LogP contribution in [0.5, 0.6) is 5.75 Å². The molecule has 0 saturated carbocycles. The van der Waals surface area contributed by atoms with Gasteiger partial charge in [-0.2, -0.15) is 5.10 Å². The van der Waals surface area contributed by atoms with Gasteiger partial charge in [-0.3, -0.25) is 14.3 Å². The predicted molar refractivity (Wildman–Crippen MR) is 100 cm³/mol.